The van der Waals surface area contributed by atoms with Crippen molar-refractivity contribution in [2.24, 2.45) is 0 Å². The lowest BCUT2D eigenvalue weighted by molar-refractivity contribution is 0.242. The van der Waals surface area contributed by atoms with Gasteiger partial charge in [-0.2, -0.15) is 0 Å². The van der Waals surface area contributed by atoms with Crippen LogP contribution in [-0.2, 0) is 0 Å². The lowest BCUT2D eigenvalue weighted by atomic mass is 10.2. The first kappa shape index (κ1) is 12.8. The summed E-state index contributed by atoms with van der Waals surface area (Å²) in [5, 5.41) is 4.05. The fourth-order valence-electron chi connectivity index (χ4n) is 1.94. The van der Waals surface area contributed by atoms with E-state index in [-0.39, 0.29) is 6.10 Å². The quantitative estimate of drug-likeness (QED) is 0.887. The minimum atomic E-state index is 0.239. The van der Waals surface area contributed by atoms with Crippen molar-refractivity contribution in [3.05, 3.63) is 29.8 Å². The van der Waals surface area contributed by atoms with Gasteiger partial charge in [0.05, 0.1) is 11.5 Å². The Morgan fingerprint density at radius 1 is 1.29 bits per heavy atom. The maximum atomic E-state index is 5.65. The van der Waals surface area contributed by atoms with Crippen molar-refractivity contribution in [1.29, 1.82) is 0 Å². The third kappa shape index (κ3) is 3.65. The molecule has 1 saturated heterocycles. The number of ether oxygens (including phenoxy) is 1. The van der Waals surface area contributed by atoms with Crippen molar-refractivity contribution in [3.8, 4) is 5.75 Å². The van der Waals surface area contributed by atoms with Crippen molar-refractivity contribution in [2.45, 2.75) is 44.7 Å². The minimum Gasteiger partial charge on any atom is -0.491 e. The van der Waals surface area contributed by atoms with E-state index in [0.717, 1.165) is 5.75 Å². The van der Waals surface area contributed by atoms with Crippen molar-refractivity contribution < 1.29 is 4.74 Å². The van der Waals surface area contributed by atoms with Gasteiger partial charge in [0.2, 0.25) is 0 Å². The standard InChI is InChI=1S/C14H21NOS/c1-10(2)16-13-6-4-12(5-7-13)14-15-11(3)8-9-17-14/h4-7,10-11,14-15H,8-9H2,1-3H3. The first-order chi connectivity index (χ1) is 8.15. The van der Waals surface area contributed by atoms with Gasteiger partial charge in [-0.15, -0.1) is 11.8 Å². The summed E-state index contributed by atoms with van der Waals surface area (Å²) in [6.07, 6.45) is 1.50. The van der Waals surface area contributed by atoms with Crippen LogP contribution in [0.2, 0.25) is 0 Å². The largest absolute Gasteiger partial charge is 0.491 e. The predicted octanol–water partition coefficient (Wildman–Crippen LogP) is 3.59. The molecule has 0 radical (unpaired) electrons. The molecular weight excluding hydrogens is 230 g/mol. The minimum absolute atomic E-state index is 0.239. The highest BCUT2D eigenvalue weighted by atomic mass is 32.2. The molecule has 2 nitrogen and oxygen atoms in total. The maximum absolute atomic E-state index is 5.65. The van der Waals surface area contributed by atoms with Gasteiger partial charge in [0.15, 0.2) is 0 Å². The molecule has 0 aliphatic carbocycles. The zero-order valence-corrected chi connectivity index (χ0v) is 11.6. The molecule has 1 fully saturated rings. The summed E-state index contributed by atoms with van der Waals surface area (Å²) >= 11 is 1.99. The Hall–Kier alpha value is -0.670. The molecular formula is C14H21NOS. The second kappa shape index (κ2) is 5.78. The van der Waals surface area contributed by atoms with E-state index >= 15 is 0 Å². The van der Waals surface area contributed by atoms with Gasteiger partial charge in [-0.3, -0.25) is 5.32 Å². The molecule has 1 heterocycles. The van der Waals surface area contributed by atoms with Crippen LogP contribution >= 0.6 is 11.8 Å². The number of benzene rings is 1. The highest BCUT2D eigenvalue weighted by molar-refractivity contribution is 7.99. The summed E-state index contributed by atoms with van der Waals surface area (Å²) in [5.41, 5.74) is 1.35. The predicted molar refractivity (Wildman–Crippen MR) is 74.6 cm³/mol. The van der Waals surface area contributed by atoms with Crippen LogP contribution in [0.3, 0.4) is 0 Å². The van der Waals surface area contributed by atoms with Crippen LogP contribution in [0.15, 0.2) is 24.3 Å². The molecule has 2 rings (SSSR count). The number of hydrogen-bond acceptors (Lipinski definition) is 3. The zero-order valence-electron chi connectivity index (χ0n) is 10.8. The van der Waals surface area contributed by atoms with Crippen LogP contribution in [0.5, 0.6) is 5.75 Å². The normalized spacial score (nSPS) is 24.9. The number of thioether (sulfide) groups is 1. The van der Waals surface area contributed by atoms with Crippen LogP contribution in [0.4, 0.5) is 0 Å². The second-order valence-corrected chi connectivity index (χ2v) is 6.06. The van der Waals surface area contributed by atoms with E-state index in [4.69, 9.17) is 4.74 Å². The summed E-state index contributed by atoms with van der Waals surface area (Å²) < 4.78 is 5.65. The van der Waals surface area contributed by atoms with E-state index in [1.807, 2.05) is 25.6 Å². The molecule has 1 N–H and O–H groups in total. The molecule has 1 aliphatic rings. The van der Waals surface area contributed by atoms with Gasteiger partial charge >= 0.3 is 0 Å². The Morgan fingerprint density at radius 3 is 2.59 bits per heavy atom. The molecule has 0 spiro atoms. The first-order valence-corrected chi connectivity index (χ1v) is 7.34. The molecule has 0 saturated carbocycles. The third-order valence-electron chi connectivity index (χ3n) is 2.83. The molecule has 1 aliphatic heterocycles. The van der Waals surface area contributed by atoms with E-state index in [1.165, 1.54) is 17.7 Å². The summed E-state index contributed by atoms with van der Waals surface area (Å²) in [6.45, 7) is 6.35. The summed E-state index contributed by atoms with van der Waals surface area (Å²) in [7, 11) is 0. The Bertz CT molecular complexity index is 350. The van der Waals surface area contributed by atoms with Crippen LogP contribution in [0, 0.1) is 0 Å². The Kier molecular flexibility index (Phi) is 4.35. The second-order valence-electron chi connectivity index (χ2n) is 4.84. The van der Waals surface area contributed by atoms with Gasteiger partial charge in [0.1, 0.15) is 5.75 Å². The van der Waals surface area contributed by atoms with Gasteiger partial charge in [-0.1, -0.05) is 12.1 Å². The molecule has 2 atom stereocenters. The number of hydrogen-bond donors (Lipinski definition) is 1. The Morgan fingerprint density at radius 2 is 2.00 bits per heavy atom. The van der Waals surface area contributed by atoms with Gasteiger partial charge in [-0.25, -0.2) is 0 Å². The number of nitrogens with one attached hydrogen (secondary N) is 1. The molecule has 0 aromatic heterocycles. The van der Waals surface area contributed by atoms with Gasteiger partial charge in [0.25, 0.3) is 0 Å². The molecule has 2 unspecified atom stereocenters. The monoisotopic (exact) mass is 251 g/mol. The Labute approximate surface area is 108 Å². The van der Waals surface area contributed by atoms with E-state index in [9.17, 15) is 0 Å². The lowest BCUT2D eigenvalue weighted by Crippen LogP contribution is -2.33. The molecule has 0 amide bonds. The van der Waals surface area contributed by atoms with Crippen LogP contribution < -0.4 is 10.1 Å². The fourth-order valence-corrected chi connectivity index (χ4v) is 3.34. The summed E-state index contributed by atoms with van der Waals surface area (Å²) in [6, 6.07) is 9.09. The van der Waals surface area contributed by atoms with Crippen molar-refractivity contribution in [2.75, 3.05) is 5.75 Å². The smallest absolute Gasteiger partial charge is 0.119 e. The highest BCUT2D eigenvalue weighted by Gasteiger charge is 2.19. The average Bonchev–Trinajstić information content (AvgIpc) is 2.29. The first-order valence-electron chi connectivity index (χ1n) is 6.29. The van der Waals surface area contributed by atoms with E-state index < -0.39 is 0 Å². The topological polar surface area (TPSA) is 21.3 Å². The molecule has 1 aromatic rings. The summed E-state index contributed by atoms with van der Waals surface area (Å²) in [4.78, 5) is 0. The maximum Gasteiger partial charge on any atom is 0.119 e. The molecule has 94 valence electrons. The van der Waals surface area contributed by atoms with Crippen molar-refractivity contribution in [3.63, 3.8) is 0 Å². The van der Waals surface area contributed by atoms with E-state index in [0.29, 0.717) is 11.4 Å². The van der Waals surface area contributed by atoms with Crippen LogP contribution in [0.25, 0.3) is 0 Å². The third-order valence-corrected chi connectivity index (χ3v) is 4.04. The van der Waals surface area contributed by atoms with Gasteiger partial charge in [0, 0.05) is 6.04 Å². The molecule has 3 heteroatoms. The fraction of sp³-hybridized carbons (Fsp3) is 0.571. The molecule has 1 aromatic carbocycles. The van der Waals surface area contributed by atoms with Gasteiger partial charge < -0.3 is 4.74 Å². The lowest BCUT2D eigenvalue weighted by Gasteiger charge is -2.28. The molecule has 17 heavy (non-hydrogen) atoms. The van der Waals surface area contributed by atoms with Gasteiger partial charge in [-0.05, 0) is 50.6 Å². The average molecular weight is 251 g/mol. The zero-order chi connectivity index (χ0) is 12.3. The highest BCUT2D eigenvalue weighted by Crippen LogP contribution is 2.32. The molecule has 0 bridgehead atoms. The SMILES string of the molecule is CC1CCSC(c2ccc(OC(C)C)cc2)N1. The Balaban J connectivity index is 2.01. The van der Waals surface area contributed by atoms with E-state index in [1.54, 1.807) is 0 Å². The van der Waals surface area contributed by atoms with E-state index in [2.05, 4.69) is 36.5 Å². The summed E-state index contributed by atoms with van der Waals surface area (Å²) in [5.74, 6) is 2.20. The van der Waals surface area contributed by atoms with Crippen LogP contribution in [0.1, 0.15) is 38.1 Å². The van der Waals surface area contributed by atoms with Crippen LogP contribution in [-0.4, -0.2) is 17.9 Å². The van der Waals surface area contributed by atoms with Crippen molar-refractivity contribution in [1.82, 2.24) is 5.32 Å². The number of rotatable bonds is 3. The van der Waals surface area contributed by atoms with Crippen molar-refractivity contribution >= 4 is 11.8 Å².